The third kappa shape index (κ3) is 2.88. The van der Waals surface area contributed by atoms with E-state index in [0.29, 0.717) is 0 Å². The van der Waals surface area contributed by atoms with Crippen molar-refractivity contribution in [2.45, 2.75) is 57.7 Å². The minimum Gasteiger partial charge on any atom is -0.330 e. The van der Waals surface area contributed by atoms with E-state index in [2.05, 4.69) is 39.1 Å². The molecule has 0 saturated heterocycles. The summed E-state index contributed by atoms with van der Waals surface area (Å²) in [4.78, 5) is 4.61. The molecule has 0 atom stereocenters. The Morgan fingerprint density at radius 1 is 1.10 bits per heavy atom. The largest absolute Gasteiger partial charge is 0.330 e. The summed E-state index contributed by atoms with van der Waals surface area (Å²) in [5, 5.41) is 3.63. The van der Waals surface area contributed by atoms with Crippen LogP contribution in [0.4, 0.5) is 0 Å². The molecule has 1 N–H and O–H groups in total. The summed E-state index contributed by atoms with van der Waals surface area (Å²) >= 11 is 0. The molecule has 2 aliphatic carbocycles. The molecule has 1 aromatic carbocycles. The Kier molecular flexibility index (Phi) is 3.52. The molecule has 0 bridgehead atoms. The second kappa shape index (κ2) is 5.64. The second-order valence-corrected chi connectivity index (χ2v) is 6.40. The van der Waals surface area contributed by atoms with Crippen LogP contribution >= 0.6 is 0 Å². The van der Waals surface area contributed by atoms with Crippen LogP contribution in [0.15, 0.2) is 30.6 Å². The van der Waals surface area contributed by atoms with Crippen LogP contribution in [0.3, 0.4) is 0 Å². The summed E-state index contributed by atoms with van der Waals surface area (Å²) < 4.78 is 2.37. The molecule has 110 valence electrons. The summed E-state index contributed by atoms with van der Waals surface area (Å²) in [6.07, 6.45) is 9.69. The van der Waals surface area contributed by atoms with Crippen LogP contribution in [0, 0.1) is 0 Å². The Morgan fingerprint density at radius 3 is 2.76 bits per heavy atom. The van der Waals surface area contributed by atoms with Gasteiger partial charge in [0.05, 0.1) is 12.0 Å². The lowest BCUT2D eigenvalue weighted by molar-refractivity contribution is 0.624. The minimum atomic E-state index is 0.763. The van der Waals surface area contributed by atoms with Gasteiger partial charge in [0.15, 0.2) is 0 Å². The molecule has 0 radical (unpaired) electrons. The Bertz CT molecular complexity index is 625. The number of nitrogens with zero attached hydrogens (tertiary/aromatic N) is 2. The van der Waals surface area contributed by atoms with Crippen LogP contribution in [-0.2, 0) is 25.9 Å². The maximum atomic E-state index is 4.61. The maximum Gasteiger partial charge on any atom is 0.0954 e. The first-order chi connectivity index (χ1) is 10.4. The Morgan fingerprint density at radius 2 is 1.90 bits per heavy atom. The van der Waals surface area contributed by atoms with E-state index in [1.165, 1.54) is 54.6 Å². The van der Waals surface area contributed by atoms with Gasteiger partial charge in [0.1, 0.15) is 0 Å². The summed E-state index contributed by atoms with van der Waals surface area (Å²) in [5.74, 6) is 0. The van der Waals surface area contributed by atoms with Gasteiger partial charge < -0.3 is 9.88 Å². The van der Waals surface area contributed by atoms with Gasteiger partial charge in [-0.3, -0.25) is 0 Å². The monoisotopic (exact) mass is 281 g/mol. The SMILES string of the molecule is c1ccc(Cn2cnc3c2CCCC3)c(CNC2CC2)c1. The summed E-state index contributed by atoms with van der Waals surface area (Å²) in [7, 11) is 0. The molecule has 0 amide bonds. The molecule has 1 aromatic heterocycles. The van der Waals surface area contributed by atoms with Crippen molar-refractivity contribution < 1.29 is 0 Å². The highest BCUT2D eigenvalue weighted by Crippen LogP contribution is 2.23. The molecule has 1 fully saturated rings. The van der Waals surface area contributed by atoms with Gasteiger partial charge in [-0.25, -0.2) is 4.98 Å². The summed E-state index contributed by atoms with van der Waals surface area (Å²) in [5.41, 5.74) is 5.65. The van der Waals surface area contributed by atoms with Gasteiger partial charge in [0.2, 0.25) is 0 Å². The zero-order chi connectivity index (χ0) is 14.1. The second-order valence-electron chi connectivity index (χ2n) is 6.40. The summed E-state index contributed by atoms with van der Waals surface area (Å²) in [6.45, 7) is 1.96. The van der Waals surface area contributed by atoms with E-state index in [9.17, 15) is 0 Å². The van der Waals surface area contributed by atoms with Crippen molar-refractivity contribution >= 4 is 0 Å². The number of benzene rings is 1. The number of hydrogen-bond acceptors (Lipinski definition) is 2. The molecule has 4 rings (SSSR count). The number of nitrogens with one attached hydrogen (secondary N) is 1. The van der Waals surface area contributed by atoms with Crippen LogP contribution in [0.1, 0.15) is 48.2 Å². The molecular weight excluding hydrogens is 258 g/mol. The average Bonchev–Trinajstić information content (AvgIpc) is 3.27. The Hall–Kier alpha value is -1.61. The predicted molar refractivity (Wildman–Crippen MR) is 84.3 cm³/mol. The zero-order valence-electron chi connectivity index (χ0n) is 12.5. The fraction of sp³-hybridized carbons (Fsp3) is 0.500. The number of aromatic nitrogens is 2. The minimum absolute atomic E-state index is 0.763. The van der Waals surface area contributed by atoms with E-state index in [4.69, 9.17) is 0 Å². The average molecular weight is 281 g/mol. The molecule has 3 nitrogen and oxygen atoms in total. The number of hydrogen-bond donors (Lipinski definition) is 1. The standard InChI is InChI=1S/C18H23N3/c1-2-6-15(14(5-1)11-19-16-9-10-16)12-21-13-20-17-7-3-4-8-18(17)21/h1-2,5-6,13,16,19H,3-4,7-12H2. The molecule has 0 aliphatic heterocycles. The van der Waals surface area contributed by atoms with Gasteiger partial charge in [0, 0.05) is 24.8 Å². The van der Waals surface area contributed by atoms with Gasteiger partial charge in [-0.2, -0.15) is 0 Å². The van der Waals surface area contributed by atoms with Crippen LogP contribution in [0.25, 0.3) is 0 Å². The highest BCUT2D eigenvalue weighted by atomic mass is 15.1. The Labute approximate surface area is 126 Å². The lowest BCUT2D eigenvalue weighted by Gasteiger charge is -2.16. The molecule has 2 aromatic rings. The third-order valence-corrected chi connectivity index (χ3v) is 4.73. The highest BCUT2D eigenvalue weighted by molar-refractivity contribution is 5.29. The third-order valence-electron chi connectivity index (χ3n) is 4.73. The fourth-order valence-corrected chi connectivity index (χ4v) is 3.28. The molecule has 1 saturated carbocycles. The van der Waals surface area contributed by atoms with Crippen LogP contribution in [-0.4, -0.2) is 15.6 Å². The van der Waals surface area contributed by atoms with Crippen LogP contribution in [0.2, 0.25) is 0 Å². The van der Waals surface area contributed by atoms with Crippen molar-refractivity contribution in [2.75, 3.05) is 0 Å². The fourth-order valence-electron chi connectivity index (χ4n) is 3.28. The Balaban J connectivity index is 1.54. The van der Waals surface area contributed by atoms with Crippen molar-refractivity contribution in [1.29, 1.82) is 0 Å². The van der Waals surface area contributed by atoms with E-state index in [-0.39, 0.29) is 0 Å². The molecule has 0 unspecified atom stereocenters. The van der Waals surface area contributed by atoms with E-state index >= 15 is 0 Å². The van der Waals surface area contributed by atoms with Gasteiger partial charge in [-0.15, -0.1) is 0 Å². The number of imidazole rings is 1. The van der Waals surface area contributed by atoms with Crippen molar-refractivity contribution in [1.82, 2.24) is 14.9 Å². The maximum absolute atomic E-state index is 4.61. The van der Waals surface area contributed by atoms with Crippen molar-refractivity contribution in [3.8, 4) is 0 Å². The lowest BCUT2D eigenvalue weighted by Crippen LogP contribution is -2.17. The van der Waals surface area contributed by atoms with E-state index < -0.39 is 0 Å². The molecule has 21 heavy (non-hydrogen) atoms. The number of rotatable bonds is 5. The first kappa shape index (κ1) is 13.1. The first-order valence-electron chi connectivity index (χ1n) is 8.23. The molecule has 2 aliphatic rings. The quantitative estimate of drug-likeness (QED) is 0.913. The van der Waals surface area contributed by atoms with Gasteiger partial charge >= 0.3 is 0 Å². The van der Waals surface area contributed by atoms with Crippen LogP contribution < -0.4 is 5.32 Å². The van der Waals surface area contributed by atoms with Crippen molar-refractivity contribution in [2.24, 2.45) is 0 Å². The van der Waals surface area contributed by atoms with Crippen molar-refractivity contribution in [3.63, 3.8) is 0 Å². The normalized spacial score (nSPS) is 17.7. The van der Waals surface area contributed by atoms with Gasteiger partial charge in [-0.1, -0.05) is 24.3 Å². The van der Waals surface area contributed by atoms with E-state index in [1.54, 1.807) is 0 Å². The smallest absolute Gasteiger partial charge is 0.0954 e. The zero-order valence-corrected chi connectivity index (χ0v) is 12.5. The lowest BCUT2D eigenvalue weighted by atomic mass is 10.0. The predicted octanol–water partition coefficient (Wildman–Crippen LogP) is 3.06. The topological polar surface area (TPSA) is 29.9 Å². The van der Waals surface area contributed by atoms with E-state index in [0.717, 1.165) is 25.6 Å². The number of fused-ring (bicyclic) bond motifs is 1. The van der Waals surface area contributed by atoms with Crippen molar-refractivity contribution in [3.05, 3.63) is 53.1 Å². The summed E-state index contributed by atoms with van der Waals surface area (Å²) in [6, 6.07) is 9.59. The first-order valence-corrected chi connectivity index (χ1v) is 8.23. The van der Waals surface area contributed by atoms with E-state index in [1.807, 2.05) is 6.33 Å². The molecule has 1 heterocycles. The number of aryl methyl sites for hydroxylation is 1. The van der Waals surface area contributed by atoms with Gasteiger partial charge in [-0.05, 0) is 49.7 Å². The highest BCUT2D eigenvalue weighted by Gasteiger charge is 2.20. The molecule has 0 spiro atoms. The molecular formula is C18H23N3. The van der Waals surface area contributed by atoms with Crippen LogP contribution in [0.5, 0.6) is 0 Å². The van der Waals surface area contributed by atoms with Gasteiger partial charge in [0.25, 0.3) is 0 Å². The molecule has 3 heteroatoms.